The van der Waals surface area contributed by atoms with Crippen molar-refractivity contribution in [1.29, 1.82) is 0 Å². The number of aryl methyl sites for hydroxylation is 1. The van der Waals surface area contributed by atoms with Crippen molar-refractivity contribution in [3.05, 3.63) is 47.1 Å². The second kappa shape index (κ2) is 7.09. The lowest BCUT2D eigenvalue weighted by Gasteiger charge is -2.17. The lowest BCUT2D eigenvalue weighted by Crippen LogP contribution is -2.29. The van der Waals surface area contributed by atoms with Crippen LogP contribution >= 0.6 is 11.3 Å². The summed E-state index contributed by atoms with van der Waals surface area (Å²) in [5.74, 6) is 0.231. The van der Waals surface area contributed by atoms with Crippen LogP contribution in [0.15, 0.2) is 36.5 Å². The molecular weight excluding hydrogens is 350 g/mol. The Bertz CT molecular complexity index is 952. The molecule has 0 bridgehead atoms. The molecule has 2 amide bonds. The first-order chi connectivity index (χ1) is 12.7. The van der Waals surface area contributed by atoms with Crippen LogP contribution in [0.5, 0.6) is 0 Å². The van der Waals surface area contributed by atoms with Gasteiger partial charge in [-0.2, -0.15) is 0 Å². The summed E-state index contributed by atoms with van der Waals surface area (Å²) in [6.07, 6.45) is 3.14. The fraction of sp³-hybridized carbons (Fsp3) is 0.222. The highest BCUT2D eigenvalue weighted by atomic mass is 32.1. The molecule has 0 fully saturated rings. The van der Waals surface area contributed by atoms with E-state index in [9.17, 15) is 9.59 Å². The number of nitrogens with zero attached hydrogens (tertiary/aromatic N) is 2. The van der Waals surface area contributed by atoms with E-state index in [1.54, 1.807) is 17.4 Å². The first kappa shape index (κ1) is 16.5. The highest BCUT2D eigenvalue weighted by Crippen LogP contribution is 2.23. The van der Waals surface area contributed by atoms with Crippen molar-refractivity contribution in [2.45, 2.75) is 12.8 Å². The molecule has 1 aliphatic rings. The molecule has 8 heteroatoms. The van der Waals surface area contributed by atoms with Gasteiger partial charge in [-0.15, -0.1) is 11.3 Å². The SMILES string of the molecule is O=C1CNc2ncc(C(=O)NCCCc3nc4ccccc4s3)cc2N1. The maximum atomic E-state index is 12.3. The summed E-state index contributed by atoms with van der Waals surface area (Å²) in [4.78, 5) is 32.4. The van der Waals surface area contributed by atoms with Crippen molar-refractivity contribution in [3.8, 4) is 0 Å². The van der Waals surface area contributed by atoms with Gasteiger partial charge in [0.2, 0.25) is 5.91 Å². The Labute approximate surface area is 153 Å². The number of amides is 2. The van der Waals surface area contributed by atoms with Gasteiger partial charge in [-0.05, 0) is 24.6 Å². The Morgan fingerprint density at radius 3 is 3.08 bits per heavy atom. The number of para-hydroxylation sites is 1. The first-order valence-electron chi connectivity index (χ1n) is 8.35. The number of hydrogen-bond acceptors (Lipinski definition) is 6. The largest absolute Gasteiger partial charge is 0.359 e. The summed E-state index contributed by atoms with van der Waals surface area (Å²) in [5.41, 5.74) is 1.98. The van der Waals surface area contributed by atoms with Gasteiger partial charge in [-0.1, -0.05) is 12.1 Å². The Balaban J connectivity index is 1.31. The van der Waals surface area contributed by atoms with Crippen LogP contribution in [0.1, 0.15) is 21.8 Å². The Morgan fingerprint density at radius 2 is 2.19 bits per heavy atom. The van der Waals surface area contributed by atoms with Gasteiger partial charge in [0.1, 0.15) is 5.82 Å². The topological polar surface area (TPSA) is 96.0 Å². The van der Waals surface area contributed by atoms with Gasteiger partial charge >= 0.3 is 0 Å². The number of pyridine rings is 1. The zero-order chi connectivity index (χ0) is 17.9. The molecule has 0 spiro atoms. The number of carbonyl (C=O) groups excluding carboxylic acids is 2. The highest BCUT2D eigenvalue weighted by molar-refractivity contribution is 7.18. The maximum absolute atomic E-state index is 12.3. The van der Waals surface area contributed by atoms with Crippen LogP contribution in [-0.2, 0) is 11.2 Å². The number of aromatic nitrogens is 2. The van der Waals surface area contributed by atoms with Crippen LogP contribution in [0.25, 0.3) is 10.2 Å². The molecule has 7 nitrogen and oxygen atoms in total. The van der Waals surface area contributed by atoms with E-state index in [0.29, 0.717) is 23.6 Å². The van der Waals surface area contributed by atoms with Crippen LogP contribution in [-0.4, -0.2) is 34.9 Å². The molecular formula is C18H17N5O2S. The quantitative estimate of drug-likeness (QED) is 0.602. The Hall–Kier alpha value is -3.00. The number of anilines is 2. The number of nitrogens with one attached hydrogen (secondary N) is 3. The molecule has 3 aromatic rings. The number of hydrogen-bond donors (Lipinski definition) is 3. The lowest BCUT2D eigenvalue weighted by molar-refractivity contribution is -0.114. The Kier molecular flexibility index (Phi) is 4.49. The number of carbonyl (C=O) groups is 2. The number of benzene rings is 1. The molecule has 132 valence electrons. The second-order valence-corrected chi connectivity index (χ2v) is 7.07. The summed E-state index contributed by atoms with van der Waals surface area (Å²) in [6, 6.07) is 9.70. The minimum absolute atomic E-state index is 0.146. The third-order valence-electron chi connectivity index (χ3n) is 4.03. The van der Waals surface area contributed by atoms with E-state index in [0.717, 1.165) is 23.4 Å². The third-order valence-corrected chi connectivity index (χ3v) is 5.13. The van der Waals surface area contributed by atoms with Gasteiger partial charge in [0, 0.05) is 19.2 Å². The van der Waals surface area contributed by atoms with Crippen LogP contribution in [0, 0.1) is 0 Å². The summed E-state index contributed by atoms with van der Waals surface area (Å²) < 4.78 is 1.18. The molecule has 0 saturated carbocycles. The number of rotatable bonds is 5. The van der Waals surface area contributed by atoms with Gasteiger partial charge in [0.05, 0.1) is 33.0 Å². The second-order valence-electron chi connectivity index (χ2n) is 5.96. The molecule has 0 saturated heterocycles. The predicted molar refractivity (Wildman–Crippen MR) is 102 cm³/mol. The first-order valence-corrected chi connectivity index (χ1v) is 9.17. The van der Waals surface area contributed by atoms with E-state index in [1.165, 1.54) is 10.9 Å². The van der Waals surface area contributed by atoms with Gasteiger partial charge in [0.25, 0.3) is 5.91 Å². The average Bonchev–Trinajstić information content (AvgIpc) is 3.07. The van der Waals surface area contributed by atoms with Crippen LogP contribution in [0.4, 0.5) is 11.5 Å². The van der Waals surface area contributed by atoms with Crippen molar-refractivity contribution in [2.24, 2.45) is 0 Å². The summed E-state index contributed by atoms with van der Waals surface area (Å²) in [6.45, 7) is 0.744. The van der Waals surface area contributed by atoms with Crippen LogP contribution < -0.4 is 16.0 Å². The van der Waals surface area contributed by atoms with E-state index >= 15 is 0 Å². The van der Waals surface area contributed by atoms with E-state index in [1.807, 2.05) is 18.2 Å². The van der Waals surface area contributed by atoms with Crippen LogP contribution in [0.3, 0.4) is 0 Å². The maximum Gasteiger partial charge on any atom is 0.252 e. The zero-order valence-corrected chi connectivity index (χ0v) is 14.7. The van der Waals surface area contributed by atoms with Crippen molar-refractivity contribution in [1.82, 2.24) is 15.3 Å². The van der Waals surface area contributed by atoms with Crippen molar-refractivity contribution < 1.29 is 9.59 Å². The van der Waals surface area contributed by atoms with E-state index in [-0.39, 0.29) is 18.4 Å². The van der Waals surface area contributed by atoms with Crippen molar-refractivity contribution in [2.75, 3.05) is 23.7 Å². The molecule has 26 heavy (non-hydrogen) atoms. The average molecular weight is 367 g/mol. The van der Waals surface area contributed by atoms with Crippen molar-refractivity contribution in [3.63, 3.8) is 0 Å². The molecule has 1 aromatic carbocycles. The molecule has 0 unspecified atom stereocenters. The summed E-state index contributed by atoms with van der Waals surface area (Å²) in [7, 11) is 0. The van der Waals surface area contributed by atoms with E-state index in [2.05, 4.69) is 32.0 Å². The van der Waals surface area contributed by atoms with Gasteiger partial charge in [-0.25, -0.2) is 9.97 Å². The monoisotopic (exact) mass is 367 g/mol. The van der Waals surface area contributed by atoms with Gasteiger partial charge in [0.15, 0.2) is 0 Å². The molecule has 0 atom stereocenters. The predicted octanol–water partition coefficient (Wildman–Crippen LogP) is 2.42. The fourth-order valence-corrected chi connectivity index (χ4v) is 3.76. The molecule has 2 aromatic heterocycles. The smallest absolute Gasteiger partial charge is 0.252 e. The third kappa shape index (κ3) is 3.50. The minimum Gasteiger partial charge on any atom is -0.359 e. The molecule has 1 aliphatic heterocycles. The summed E-state index contributed by atoms with van der Waals surface area (Å²) in [5, 5.41) is 9.56. The molecule has 4 rings (SSSR count). The number of thiazole rings is 1. The van der Waals surface area contributed by atoms with Crippen molar-refractivity contribution >= 4 is 44.9 Å². The van der Waals surface area contributed by atoms with E-state index < -0.39 is 0 Å². The number of fused-ring (bicyclic) bond motifs is 2. The van der Waals surface area contributed by atoms with Crippen LogP contribution in [0.2, 0.25) is 0 Å². The Morgan fingerprint density at radius 1 is 1.31 bits per heavy atom. The molecule has 3 heterocycles. The normalized spacial score (nSPS) is 13.0. The summed E-state index contributed by atoms with van der Waals surface area (Å²) >= 11 is 1.69. The molecule has 0 aliphatic carbocycles. The highest BCUT2D eigenvalue weighted by Gasteiger charge is 2.17. The van der Waals surface area contributed by atoms with Gasteiger partial charge < -0.3 is 16.0 Å². The van der Waals surface area contributed by atoms with Gasteiger partial charge in [-0.3, -0.25) is 9.59 Å². The molecule has 0 radical (unpaired) electrons. The fourth-order valence-electron chi connectivity index (χ4n) is 2.75. The molecule has 3 N–H and O–H groups in total. The standard InChI is InChI=1S/C18H17N5O2S/c24-15-10-21-17-13(22-15)8-11(9-20-17)18(25)19-7-3-6-16-23-12-4-1-2-5-14(12)26-16/h1-2,4-5,8-9H,3,6-7,10H2,(H,19,25)(H,20,21)(H,22,24). The lowest BCUT2D eigenvalue weighted by atomic mass is 10.2. The van der Waals surface area contributed by atoms with E-state index in [4.69, 9.17) is 0 Å². The minimum atomic E-state index is -0.204. The zero-order valence-electron chi connectivity index (χ0n) is 13.9.